The Morgan fingerprint density at radius 1 is 0.917 bits per heavy atom. The summed E-state index contributed by atoms with van der Waals surface area (Å²) >= 11 is 0. The van der Waals surface area contributed by atoms with E-state index in [-0.39, 0.29) is 4.90 Å². The maximum atomic E-state index is 12.6. The Morgan fingerprint density at radius 2 is 1.58 bits per heavy atom. The molecule has 0 spiro atoms. The van der Waals surface area contributed by atoms with Crippen molar-refractivity contribution in [2.45, 2.75) is 11.8 Å². The molecule has 24 heavy (non-hydrogen) atoms. The largest absolute Gasteiger partial charge is 0.399 e. The van der Waals surface area contributed by atoms with E-state index in [0.717, 1.165) is 16.7 Å². The van der Waals surface area contributed by atoms with Gasteiger partial charge in [0.25, 0.3) is 10.0 Å². The van der Waals surface area contributed by atoms with Crippen molar-refractivity contribution in [3.05, 3.63) is 72.6 Å². The van der Waals surface area contributed by atoms with E-state index < -0.39 is 10.0 Å². The SMILES string of the molecule is Cc1ccc(-c2ccncc2)cc1NS(=O)(=O)c1ccc(N)cc1. The summed E-state index contributed by atoms with van der Waals surface area (Å²) < 4.78 is 27.8. The Bertz CT molecular complexity index is 953. The minimum Gasteiger partial charge on any atom is -0.399 e. The van der Waals surface area contributed by atoms with Gasteiger partial charge in [-0.2, -0.15) is 0 Å². The number of aryl methyl sites for hydroxylation is 1. The van der Waals surface area contributed by atoms with Crippen LogP contribution in [0.15, 0.2) is 71.9 Å². The van der Waals surface area contributed by atoms with E-state index in [0.29, 0.717) is 11.4 Å². The molecule has 0 radical (unpaired) electrons. The zero-order valence-electron chi connectivity index (χ0n) is 13.1. The molecular weight excluding hydrogens is 322 g/mol. The lowest BCUT2D eigenvalue weighted by Gasteiger charge is -2.12. The molecule has 3 aromatic rings. The molecule has 0 saturated heterocycles. The first-order valence-corrected chi connectivity index (χ1v) is 8.83. The molecule has 3 rings (SSSR count). The first kappa shape index (κ1) is 16.0. The van der Waals surface area contributed by atoms with E-state index in [9.17, 15) is 8.42 Å². The van der Waals surface area contributed by atoms with Gasteiger partial charge in [0.2, 0.25) is 0 Å². The van der Waals surface area contributed by atoms with Crippen molar-refractivity contribution >= 4 is 21.4 Å². The van der Waals surface area contributed by atoms with Crippen molar-refractivity contribution < 1.29 is 8.42 Å². The Morgan fingerprint density at radius 3 is 2.25 bits per heavy atom. The van der Waals surface area contributed by atoms with Crippen LogP contribution in [0.1, 0.15) is 5.56 Å². The number of nitrogens with zero attached hydrogens (tertiary/aromatic N) is 1. The van der Waals surface area contributed by atoms with Gasteiger partial charge in [-0.3, -0.25) is 9.71 Å². The summed E-state index contributed by atoms with van der Waals surface area (Å²) in [6.07, 6.45) is 3.40. The van der Waals surface area contributed by atoms with Crippen molar-refractivity contribution in [2.24, 2.45) is 0 Å². The van der Waals surface area contributed by atoms with Gasteiger partial charge >= 0.3 is 0 Å². The first-order valence-electron chi connectivity index (χ1n) is 7.35. The van der Waals surface area contributed by atoms with Crippen molar-refractivity contribution in [2.75, 3.05) is 10.5 Å². The molecule has 0 saturated carbocycles. The number of aromatic nitrogens is 1. The maximum Gasteiger partial charge on any atom is 0.261 e. The standard InChI is InChI=1S/C18H17N3O2S/c1-13-2-3-15(14-8-10-20-11-9-14)12-18(13)21-24(22,23)17-6-4-16(19)5-7-17/h2-12,21H,19H2,1H3. The number of rotatable bonds is 4. The normalized spacial score (nSPS) is 11.2. The summed E-state index contributed by atoms with van der Waals surface area (Å²) in [6.45, 7) is 1.86. The van der Waals surface area contributed by atoms with Gasteiger partial charge in [0, 0.05) is 18.1 Å². The molecule has 0 atom stereocenters. The second kappa shape index (κ2) is 6.33. The number of hydrogen-bond acceptors (Lipinski definition) is 4. The molecule has 6 heteroatoms. The van der Waals surface area contributed by atoms with Crippen LogP contribution in [0.4, 0.5) is 11.4 Å². The Labute approximate surface area is 141 Å². The predicted molar refractivity (Wildman–Crippen MR) is 96.1 cm³/mol. The van der Waals surface area contributed by atoms with Gasteiger partial charge in [0.1, 0.15) is 0 Å². The topological polar surface area (TPSA) is 85.1 Å². The van der Waals surface area contributed by atoms with Gasteiger partial charge < -0.3 is 5.73 Å². The van der Waals surface area contributed by atoms with Crippen molar-refractivity contribution in [1.82, 2.24) is 4.98 Å². The van der Waals surface area contributed by atoms with Crippen LogP contribution in [-0.2, 0) is 10.0 Å². The second-order valence-corrected chi connectivity index (χ2v) is 7.12. The average molecular weight is 339 g/mol. The van der Waals surface area contributed by atoms with Crippen LogP contribution < -0.4 is 10.5 Å². The van der Waals surface area contributed by atoms with Gasteiger partial charge in [-0.15, -0.1) is 0 Å². The molecule has 1 aromatic heterocycles. The number of benzene rings is 2. The lowest BCUT2D eigenvalue weighted by atomic mass is 10.0. The highest BCUT2D eigenvalue weighted by Gasteiger charge is 2.15. The molecule has 0 aliphatic heterocycles. The highest BCUT2D eigenvalue weighted by Crippen LogP contribution is 2.27. The van der Waals surface area contributed by atoms with Crippen LogP contribution in [-0.4, -0.2) is 13.4 Å². The monoisotopic (exact) mass is 339 g/mol. The first-order chi connectivity index (χ1) is 11.5. The molecule has 0 aliphatic rings. The van der Waals surface area contributed by atoms with Crippen LogP contribution >= 0.6 is 0 Å². The maximum absolute atomic E-state index is 12.6. The number of nitrogens with two attached hydrogens (primary N) is 1. The third-order valence-electron chi connectivity index (χ3n) is 3.69. The predicted octanol–water partition coefficient (Wildman–Crippen LogP) is 3.44. The average Bonchev–Trinajstić information content (AvgIpc) is 2.58. The fraction of sp³-hybridized carbons (Fsp3) is 0.0556. The van der Waals surface area contributed by atoms with E-state index in [4.69, 9.17) is 5.73 Å². The molecule has 2 aromatic carbocycles. The molecule has 0 unspecified atom stereocenters. The molecule has 0 fully saturated rings. The Balaban J connectivity index is 1.96. The third kappa shape index (κ3) is 3.38. The fourth-order valence-corrected chi connectivity index (χ4v) is 3.43. The summed E-state index contributed by atoms with van der Waals surface area (Å²) in [7, 11) is -3.67. The van der Waals surface area contributed by atoms with Crippen molar-refractivity contribution in [3.8, 4) is 11.1 Å². The fourth-order valence-electron chi connectivity index (χ4n) is 2.31. The minimum atomic E-state index is -3.67. The zero-order chi connectivity index (χ0) is 17.2. The summed E-state index contributed by atoms with van der Waals surface area (Å²) in [6, 6.07) is 15.5. The summed E-state index contributed by atoms with van der Waals surface area (Å²) in [5.74, 6) is 0. The van der Waals surface area contributed by atoms with Crippen molar-refractivity contribution in [1.29, 1.82) is 0 Å². The van der Waals surface area contributed by atoms with Crippen LogP contribution in [0, 0.1) is 6.92 Å². The van der Waals surface area contributed by atoms with Crippen molar-refractivity contribution in [3.63, 3.8) is 0 Å². The van der Waals surface area contributed by atoms with E-state index in [1.807, 2.05) is 37.3 Å². The molecule has 0 bridgehead atoms. The van der Waals surface area contributed by atoms with E-state index >= 15 is 0 Å². The molecule has 0 aliphatic carbocycles. The number of nitrogens with one attached hydrogen (secondary N) is 1. The zero-order valence-corrected chi connectivity index (χ0v) is 13.9. The van der Waals surface area contributed by atoms with Gasteiger partial charge in [0.05, 0.1) is 10.6 Å². The number of nitrogen functional groups attached to an aromatic ring is 1. The summed E-state index contributed by atoms with van der Waals surface area (Å²) in [5, 5.41) is 0. The molecule has 3 N–H and O–H groups in total. The molecule has 122 valence electrons. The quantitative estimate of drug-likeness (QED) is 0.713. The Kier molecular flexibility index (Phi) is 4.22. The molecule has 0 amide bonds. The highest BCUT2D eigenvalue weighted by atomic mass is 32.2. The van der Waals surface area contributed by atoms with Gasteiger partial charge in [-0.25, -0.2) is 8.42 Å². The number of hydrogen-bond donors (Lipinski definition) is 2. The van der Waals surface area contributed by atoms with E-state index in [1.54, 1.807) is 24.5 Å². The second-order valence-electron chi connectivity index (χ2n) is 5.44. The highest BCUT2D eigenvalue weighted by molar-refractivity contribution is 7.92. The summed E-state index contributed by atoms with van der Waals surface area (Å²) in [5.41, 5.74) is 9.40. The van der Waals surface area contributed by atoms with Crippen LogP contribution in [0.25, 0.3) is 11.1 Å². The summed E-state index contributed by atoms with van der Waals surface area (Å²) in [4.78, 5) is 4.17. The van der Waals surface area contributed by atoms with E-state index in [1.165, 1.54) is 12.1 Å². The van der Waals surface area contributed by atoms with Gasteiger partial charge in [-0.1, -0.05) is 12.1 Å². The lowest BCUT2D eigenvalue weighted by Crippen LogP contribution is -2.13. The van der Waals surface area contributed by atoms with E-state index in [2.05, 4.69) is 9.71 Å². The van der Waals surface area contributed by atoms with Crippen LogP contribution in [0.5, 0.6) is 0 Å². The molecule has 5 nitrogen and oxygen atoms in total. The van der Waals surface area contributed by atoms with Gasteiger partial charge in [0.15, 0.2) is 0 Å². The number of sulfonamides is 1. The third-order valence-corrected chi connectivity index (χ3v) is 5.07. The number of anilines is 2. The molecule has 1 heterocycles. The van der Waals surface area contributed by atoms with Crippen LogP contribution in [0.3, 0.4) is 0 Å². The number of pyridine rings is 1. The molecular formula is C18H17N3O2S. The lowest BCUT2D eigenvalue weighted by molar-refractivity contribution is 0.601. The van der Waals surface area contributed by atoms with Crippen LogP contribution in [0.2, 0.25) is 0 Å². The Hall–Kier alpha value is -2.86. The van der Waals surface area contributed by atoms with Gasteiger partial charge in [-0.05, 0) is 66.1 Å². The smallest absolute Gasteiger partial charge is 0.261 e. The minimum absolute atomic E-state index is 0.172.